The second-order valence-corrected chi connectivity index (χ2v) is 5.82. The molecule has 3 atom stereocenters. The van der Waals surface area contributed by atoms with Gasteiger partial charge >= 0.3 is 5.97 Å². The van der Waals surface area contributed by atoms with Crippen molar-refractivity contribution < 1.29 is 18.9 Å². The third-order valence-corrected chi connectivity index (χ3v) is 3.51. The topological polar surface area (TPSA) is 83.5 Å². The van der Waals surface area contributed by atoms with Crippen molar-refractivity contribution in [2.75, 3.05) is 12.8 Å². The number of carboxylic acids is 1. The molecule has 2 N–H and O–H groups in total. The molecule has 94 valence electrons. The van der Waals surface area contributed by atoms with E-state index in [9.17, 15) is 13.8 Å². The normalized spacial score (nSPS) is 16.2. The summed E-state index contributed by atoms with van der Waals surface area (Å²) >= 11 is 0. The number of hydrogen-bond acceptors (Lipinski definition) is 3. The number of nitrogens with one attached hydrogen (secondary N) is 1. The second kappa shape index (κ2) is 7.38. The van der Waals surface area contributed by atoms with E-state index in [-0.39, 0.29) is 29.9 Å². The van der Waals surface area contributed by atoms with Crippen LogP contribution in [0.25, 0.3) is 0 Å². The summed E-state index contributed by atoms with van der Waals surface area (Å²) in [5.74, 6) is -1.27. The number of carbonyl (C=O) groups is 2. The van der Waals surface area contributed by atoms with Crippen molar-refractivity contribution in [3.8, 4) is 0 Å². The van der Waals surface area contributed by atoms with Gasteiger partial charge in [0.25, 0.3) is 0 Å². The van der Waals surface area contributed by atoms with Crippen molar-refractivity contribution in [1.29, 1.82) is 0 Å². The molecule has 0 radical (unpaired) electrons. The Morgan fingerprint density at radius 3 is 2.31 bits per heavy atom. The first-order chi connectivity index (χ1) is 7.32. The first kappa shape index (κ1) is 15.1. The van der Waals surface area contributed by atoms with E-state index in [1.54, 1.807) is 20.1 Å². The molecule has 0 aromatic carbocycles. The fraction of sp³-hybridized carbons (Fsp3) is 0.800. The summed E-state index contributed by atoms with van der Waals surface area (Å²) in [7, 11) is -0.957. The van der Waals surface area contributed by atoms with Crippen LogP contribution in [-0.2, 0) is 20.4 Å². The summed E-state index contributed by atoms with van der Waals surface area (Å²) < 4.78 is 11.0. The minimum absolute atomic E-state index is 0.0112. The highest BCUT2D eigenvalue weighted by molar-refractivity contribution is 7.84. The fourth-order valence-corrected chi connectivity index (χ4v) is 1.45. The van der Waals surface area contributed by atoms with Crippen LogP contribution in [0.5, 0.6) is 0 Å². The smallest absolute Gasteiger partial charge is 0.303 e. The van der Waals surface area contributed by atoms with Gasteiger partial charge in [-0.05, 0) is 12.8 Å². The van der Waals surface area contributed by atoms with Gasteiger partial charge < -0.3 is 10.4 Å². The van der Waals surface area contributed by atoms with E-state index >= 15 is 0 Å². The molecule has 0 rings (SSSR count). The van der Waals surface area contributed by atoms with Crippen LogP contribution in [0.2, 0.25) is 0 Å². The quantitative estimate of drug-likeness (QED) is 0.683. The first-order valence-electron chi connectivity index (χ1n) is 5.13. The van der Waals surface area contributed by atoms with Crippen LogP contribution < -0.4 is 5.32 Å². The van der Waals surface area contributed by atoms with Crippen molar-refractivity contribution in [2.45, 2.75) is 31.9 Å². The molecular weight excluding hydrogens is 230 g/mol. The fourth-order valence-electron chi connectivity index (χ4n) is 1.13. The van der Waals surface area contributed by atoms with E-state index in [0.29, 0.717) is 6.54 Å². The monoisotopic (exact) mass is 249 g/mol. The molecule has 0 saturated heterocycles. The van der Waals surface area contributed by atoms with Gasteiger partial charge in [0.05, 0.1) is 0 Å². The first-order valence-corrected chi connectivity index (χ1v) is 6.75. The molecular formula is C10H19NO4S. The molecule has 0 aliphatic rings. The lowest BCUT2D eigenvalue weighted by atomic mass is 10.0. The predicted octanol–water partition coefficient (Wildman–Crippen LogP) is 0.370. The van der Waals surface area contributed by atoms with Gasteiger partial charge in [0.15, 0.2) is 0 Å². The van der Waals surface area contributed by atoms with Crippen LogP contribution in [0, 0.1) is 5.92 Å². The summed E-state index contributed by atoms with van der Waals surface area (Å²) in [6, 6.07) is 0. The van der Waals surface area contributed by atoms with Gasteiger partial charge in [0.2, 0.25) is 5.91 Å². The zero-order valence-corrected chi connectivity index (χ0v) is 10.7. The average Bonchev–Trinajstić information content (AvgIpc) is 2.12. The number of aliphatic carboxylic acids is 1. The predicted molar refractivity (Wildman–Crippen MR) is 62.6 cm³/mol. The van der Waals surface area contributed by atoms with E-state index in [2.05, 4.69) is 5.32 Å². The standard InChI is InChI=1S/C10H19NO4S/c1-7(5-10(13)14)4-9(12)11-6-8(2)16(3)15/h7-8H,4-6H2,1-3H3,(H,11,12)(H,13,14). The molecule has 0 fully saturated rings. The molecule has 6 heteroatoms. The van der Waals surface area contributed by atoms with E-state index in [1.165, 1.54) is 0 Å². The molecule has 0 aromatic heterocycles. The Morgan fingerprint density at radius 2 is 1.88 bits per heavy atom. The number of rotatable bonds is 7. The van der Waals surface area contributed by atoms with Crippen LogP contribution in [0.4, 0.5) is 0 Å². The Balaban J connectivity index is 3.82. The second-order valence-electron chi connectivity index (χ2n) is 4.02. The molecule has 3 unspecified atom stereocenters. The van der Waals surface area contributed by atoms with Gasteiger partial charge in [-0.3, -0.25) is 13.8 Å². The third-order valence-electron chi connectivity index (χ3n) is 2.21. The number of carboxylic acid groups (broad SMARTS) is 1. The number of amides is 1. The van der Waals surface area contributed by atoms with Crippen LogP contribution in [0.3, 0.4) is 0 Å². The van der Waals surface area contributed by atoms with Gasteiger partial charge in [0, 0.05) is 41.7 Å². The number of carbonyl (C=O) groups excluding carboxylic acids is 1. The van der Waals surface area contributed by atoms with Crippen molar-refractivity contribution in [1.82, 2.24) is 5.32 Å². The highest BCUT2D eigenvalue weighted by atomic mass is 32.2. The number of hydrogen-bond donors (Lipinski definition) is 2. The molecule has 0 aliphatic carbocycles. The highest BCUT2D eigenvalue weighted by Crippen LogP contribution is 2.06. The van der Waals surface area contributed by atoms with Crippen LogP contribution in [-0.4, -0.2) is 39.2 Å². The van der Waals surface area contributed by atoms with Crippen LogP contribution in [0.1, 0.15) is 26.7 Å². The molecule has 0 aliphatic heterocycles. The summed E-state index contributed by atoms with van der Waals surface area (Å²) in [6.07, 6.45) is 1.77. The Morgan fingerprint density at radius 1 is 1.31 bits per heavy atom. The van der Waals surface area contributed by atoms with Gasteiger partial charge in [-0.25, -0.2) is 0 Å². The Bertz CT molecular complexity index is 280. The summed E-state index contributed by atoms with van der Waals surface area (Å²) in [5.41, 5.74) is 0. The molecule has 0 saturated carbocycles. The highest BCUT2D eigenvalue weighted by Gasteiger charge is 2.13. The van der Waals surface area contributed by atoms with E-state index in [1.807, 2.05) is 0 Å². The molecule has 0 spiro atoms. The summed E-state index contributed by atoms with van der Waals surface area (Å²) in [5, 5.41) is 11.1. The van der Waals surface area contributed by atoms with Gasteiger partial charge in [0.1, 0.15) is 0 Å². The van der Waals surface area contributed by atoms with E-state index in [4.69, 9.17) is 5.11 Å². The molecule has 5 nitrogen and oxygen atoms in total. The minimum atomic E-state index is -0.957. The minimum Gasteiger partial charge on any atom is -0.481 e. The lowest BCUT2D eigenvalue weighted by molar-refractivity contribution is -0.138. The van der Waals surface area contributed by atoms with Crippen molar-refractivity contribution in [3.63, 3.8) is 0 Å². The van der Waals surface area contributed by atoms with Crippen LogP contribution >= 0.6 is 0 Å². The largest absolute Gasteiger partial charge is 0.481 e. The maximum absolute atomic E-state index is 11.4. The summed E-state index contributed by atoms with van der Waals surface area (Å²) in [6.45, 7) is 3.87. The third kappa shape index (κ3) is 7.39. The van der Waals surface area contributed by atoms with Crippen molar-refractivity contribution >= 4 is 22.7 Å². The zero-order chi connectivity index (χ0) is 12.7. The van der Waals surface area contributed by atoms with Crippen molar-refractivity contribution in [3.05, 3.63) is 0 Å². The Hall–Kier alpha value is -0.910. The van der Waals surface area contributed by atoms with E-state index in [0.717, 1.165) is 0 Å². The SMILES string of the molecule is CC(CC(=O)O)CC(=O)NCC(C)S(C)=O. The Kier molecular flexibility index (Phi) is 6.96. The molecule has 0 aromatic rings. The Labute approximate surface area is 98.1 Å². The summed E-state index contributed by atoms with van der Waals surface area (Å²) in [4.78, 5) is 21.7. The molecule has 16 heavy (non-hydrogen) atoms. The van der Waals surface area contributed by atoms with Gasteiger partial charge in [-0.15, -0.1) is 0 Å². The van der Waals surface area contributed by atoms with Crippen molar-refractivity contribution in [2.24, 2.45) is 5.92 Å². The van der Waals surface area contributed by atoms with Gasteiger partial charge in [-0.2, -0.15) is 0 Å². The van der Waals surface area contributed by atoms with Crippen LogP contribution in [0.15, 0.2) is 0 Å². The molecule has 1 amide bonds. The lowest BCUT2D eigenvalue weighted by Crippen LogP contribution is -2.33. The van der Waals surface area contributed by atoms with E-state index < -0.39 is 16.8 Å². The maximum atomic E-state index is 11.4. The zero-order valence-electron chi connectivity index (χ0n) is 9.86. The molecule has 0 bridgehead atoms. The average molecular weight is 249 g/mol. The lowest BCUT2D eigenvalue weighted by Gasteiger charge is -2.12. The molecule has 0 heterocycles. The van der Waals surface area contributed by atoms with Gasteiger partial charge in [-0.1, -0.05) is 6.92 Å². The maximum Gasteiger partial charge on any atom is 0.303 e.